The Kier molecular flexibility index (Phi) is 2.22. The standard InChI is InChI=1S/C9H10N2O3/c10-8-6(2-1-4-11-8)14-7-3-5-13-9(7)12/h1-2,4,7H,3,5H2,(H2,10,11). The second-order valence-corrected chi connectivity index (χ2v) is 2.95. The van der Waals surface area contributed by atoms with Crippen LogP contribution in [0.15, 0.2) is 18.3 Å². The van der Waals surface area contributed by atoms with E-state index >= 15 is 0 Å². The van der Waals surface area contributed by atoms with E-state index in [0.717, 1.165) is 0 Å². The molecule has 1 aliphatic rings. The fourth-order valence-electron chi connectivity index (χ4n) is 1.24. The van der Waals surface area contributed by atoms with Gasteiger partial charge in [-0.1, -0.05) is 0 Å². The molecule has 0 saturated carbocycles. The van der Waals surface area contributed by atoms with Gasteiger partial charge in [-0.3, -0.25) is 0 Å². The van der Waals surface area contributed by atoms with Crippen LogP contribution in [0.3, 0.4) is 0 Å². The van der Waals surface area contributed by atoms with E-state index in [-0.39, 0.29) is 11.8 Å². The molecule has 0 radical (unpaired) electrons. The first kappa shape index (κ1) is 8.80. The van der Waals surface area contributed by atoms with E-state index in [0.29, 0.717) is 18.8 Å². The van der Waals surface area contributed by atoms with Gasteiger partial charge in [-0.05, 0) is 12.1 Å². The number of rotatable bonds is 2. The Morgan fingerprint density at radius 3 is 3.14 bits per heavy atom. The van der Waals surface area contributed by atoms with Crippen LogP contribution in [0.25, 0.3) is 0 Å². The lowest BCUT2D eigenvalue weighted by molar-refractivity contribution is -0.143. The molecule has 1 aromatic heterocycles. The maximum atomic E-state index is 11.1. The van der Waals surface area contributed by atoms with Crippen molar-refractivity contribution >= 4 is 11.8 Å². The SMILES string of the molecule is Nc1ncccc1OC1CCOC1=O. The highest BCUT2D eigenvalue weighted by Gasteiger charge is 2.28. The van der Waals surface area contributed by atoms with E-state index in [9.17, 15) is 4.79 Å². The first-order chi connectivity index (χ1) is 6.77. The van der Waals surface area contributed by atoms with Crippen LogP contribution in [0.1, 0.15) is 6.42 Å². The molecule has 0 aliphatic carbocycles. The topological polar surface area (TPSA) is 74.4 Å². The van der Waals surface area contributed by atoms with E-state index in [2.05, 4.69) is 4.98 Å². The third-order valence-electron chi connectivity index (χ3n) is 1.96. The molecule has 1 unspecified atom stereocenters. The Morgan fingerprint density at radius 1 is 1.64 bits per heavy atom. The van der Waals surface area contributed by atoms with Crippen LogP contribution in [0, 0.1) is 0 Å². The molecule has 2 rings (SSSR count). The Labute approximate surface area is 80.8 Å². The molecule has 1 saturated heterocycles. The Morgan fingerprint density at radius 2 is 2.50 bits per heavy atom. The molecular formula is C9H10N2O3. The number of ether oxygens (including phenoxy) is 2. The zero-order chi connectivity index (χ0) is 9.97. The third kappa shape index (κ3) is 1.61. The van der Waals surface area contributed by atoms with E-state index in [1.807, 2.05) is 0 Å². The van der Waals surface area contributed by atoms with Crippen molar-refractivity contribution in [1.82, 2.24) is 4.98 Å². The van der Waals surface area contributed by atoms with Gasteiger partial charge in [-0.25, -0.2) is 9.78 Å². The van der Waals surface area contributed by atoms with Gasteiger partial charge in [0.25, 0.3) is 0 Å². The molecule has 1 atom stereocenters. The van der Waals surface area contributed by atoms with Gasteiger partial charge in [-0.2, -0.15) is 0 Å². The summed E-state index contributed by atoms with van der Waals surface area (Å²) in [4.78, 5) is 14.9. The van der Waals surface area contributed by atoms with Gasteiger partial charge in [0.15, 0.2) is 17.7 Å². The van der Waals surface area contributed by atoms with E-state index in [1.165, 1.54) is 0 Å². The molecule has 1 aliphatic heterocycles. The predicted molar refractivity (Wildman–Crippen MR) is 48.6 cm³/mol. The van der Waals surface area contributed by atoms with Crippen LogP contribution < -0.4 is 10.5 Å². The maximum Gasteiger partial charge on any atom is 0.347 e. The molecule has 5 nitrogen and oxygen atoms in total. The van der Waals surface area contributed by atoms with Crippen LogP contribution in [0.2, 0.25) is 0 Å². The first-order valence-electron chi connectivity index (χ1n) is 4.31. The minimum atomic E-state index is -0.540. The van der Waals surface area contributed by atoms with Crippen molar-refractivity contribution in [1.29, 1.82) is 0 Å². The van der Waals surface area contributed by atoms with Crippen LogP contribution in [-0.4, -0.2) is 23.7 Å². The number of aromatic nitrogens is 1. The number of cyclic esters (lactones) is 1. The number of esters is 1. The summed E-state index contributed by atoms with van der Waals surface area (Å²) in [6.45, 7) is 0.406. The number of nitrogens with zero attached hydrogens (tertiary/aromatic N) is 1. The number of nitrogen functional groups attached to an aromatic ring is 1. The molecule has 1 aromatic rings. The fourth-order valence-corrected chi connectivity index (χ4v) is 1.24. The summed E-state index contributed by atoms with van der Waals surface area (Å²) in [6.07, 6.45) is 1.59. The number of carbonyl (C=O) groups excluding carboxylic acids is 1. The first-order valence-corrected chi connectivity index (χ1v) is 4.31. The molecule has 0 spiro atoms. The molecule has 74 valence electrons. The molecule has 0 aromatic carbocycles. The predicted octanol–water partition coefficient (Wildman–Crippen LogP) is 0.358. The van der Waals surface area contributed by atoms with Gasteiger partial charge in [0.2, 0.25) is 0 Å². The van der Waals surface area contributed by atoms with Crippen molar-refractivity contribution in [3.8, 4) is 5.75 Å². The number of hydrogen-bond donors (Lipinski definition) is 1. The van der Waals surface area contributed by atoms with E-state index in [1.54, 1.807) is 18.3 Å². The zero-order valence-electron chi connectivity index (χ0n) is 7.47. The van der Waals surface area contributed by atoms with Crippen molar-refractivity contribution in [2.75, 3.05) is 12.3 Å². The number of pyridine rings is 1. The van der Waals surface area contributed by atoms with Gasteiger partial charge in [0.05, 0.1) is 6.61 Å². The van der Waals surface area contributed by atoms with Crippen molar-refractivity contribution in [3.05, 3.63) is 18.3 Å². The van der Waals surface area contributed by atoms with Crippen molar-refractivity contribution < 1.29 is 14.3 Å². The minimum absolute atomic E-state index is 0.284. The quantitative estimate of drug-likeness (QED) is 0.688. The summed E-state index contributed by atoms with van der Waals surface area (Å²) in [6, 6.07) is 3.37. The normalized spacial score (nSPS) is 20.6. The highest BCUT2D eigenvalue weighted by atomic mass is 16.6. The average Bonchev–Trinajstić information content (AvgIpc) is 2.56. The largest absolute Gasteiger partial charge is 0.475 e. The number of anilines is 1. The molecule has 2 N–H and O–H groups in total. The summed E-state index contributed by atoms with van der Waals surface area (Å²) >= 11 is 0. The lowest BCUT2D eigenvalue weighted by Crippen LogP contribution is -2.22. The van der Waals surface area contributed by atoms with Crippen LogP contribution >= 0.6 is 0 Å². The molecule has 0 bridgehead atoms. The monoisotopic (exact) mass is 194 g/mol. The number of carbonyl (C=O) groups is 1. The number of nitrogens with two attached hydrogens (primary N) is 1. The summed E-state index contributed by atoms with van der Waals surface area (Å²) in [7, 11) is 0. The van der Waals surface area contributed by atoms with Crippen LogP contribution in [-0.2, 0) is 9.53 Å². The van der Waals surface area contributed by atoms with Crippen LogP contribution in [0.4, 0.5) is 5.82 Å². The smallest absolute Gasteiger partial charge is 0.347 e. The van der Waals surface area contributed by atoms with Gasteiger partial charge in [0.1, 0.15) is 0 Å². The fraction of sp³-hybridized carbons (Fsp3) is 0.333. The van der Waals surface area contributed by atoms with Crippen molar-refractivity contribution in [2.24, 2.45) is 0 Å². The lowest BCUT2D eigenvalue weighted by Gasteiger charge is -2.10. The van der Waals surface area contributed by atoms with E-state index < -0.39 is 6.10 Å². The van der Waals surface area contributed by atoms with E-state index in [4.69, 9.17) is 15.2 Å². The Hall–Kier alpha value is -1.78. The zero-order valence-corrected chi connectivity index (χ0v) is 7.47. The molecule has 5 heteroatoms. The minimum Gasteiger partial charge on any atom is -0.475 e. The lowest BCUT2D eigenvalue weighted by atomic mass is 10.3. The number of hydrogen-bond acceptors (Lipinski definition) is 5. The third-order valence-corrected chi connectivity index (χ3v) is 1.96. The van der Waals surface area contributed by atoms with Gasteiger partial charge >= 0.3 is 5.97 Å². The van der Waals surface area contributed by atoms with Crippen molar-refractivity contribution in [3.63, 3.8) is 0 Å². The maximum absolute atomic E-state index is 11.1. The highest BCUT2D eigenvalue weighted by Crippen LogP contribution is 2.21. The van der Waals surface area contributed by atoms with Crippen molar-refractivity contribution in [2.45, 2.75) is 12.5 Å². The Bertz CT molecular complexity index is 354. The average molecular weight is 194 g/mol. The summed E-state index contributed by atoms with van der Waals surface area (Å²) in [5.74, 6) is 0.372. The molecule has 14 heavy (non-hydrogen) atoms. The van der Waals surface area contributed by atoms with Crippen LogP contribution in [0.5, 0.6) is 5.75 Å². The second kappa shape index (κ2) is 3.53. The molecule has 1 fully saturated rings. The Balaban J connectivity index is 2.10. The second-order valence-electron chi connectivity index (χ2n) is 2.95. The molecular weight excluding hydrogens is 184 g/mol. The van der Waals surface area contributed by atoms with Gasteiger partial charge in [0, 0.05) is 12.6 Å². The van der Waals surface area contributed by atoms with Gasteiger partial charge < -0.3 is 15.2 Å². The summed E-state index contributed by atoms with van der Waals surface area (Å²) < 4.78 is 10.1. The van der Waals surface area contributed by atoms with Gasteiger partial charge in [-0.15, -0.1) is 0 Å². The summed E-state index contributed by atoms with van der Waals surface area (Å²) in [5.41, 5.74) is 5.56. The molecule has 0 amide bonds. The molecule has 2 heterocycles. The highest BCUT2D eigenvalue weighted by molar-refractivity contribution is 5.77. The summed E-state index contributed by atoms with van der Waals surface area (Å²) in [5, 5.41) is 0.